The molecular weight excluding hydrogens is 445 g/mol. The Bertz CT molecular complexity index is 1250. The number of piperazine rings is 1. The number of benzene rings is 3. The summed E-state index contributed by atoms with van der Waals surface area (Å²) in [6.07, 6.45) is 0. The van der Waals surface area contributed by atoms with Gasteiger partial charge in [-0.1, -0.05) is 17.7 Å². The van der Waals surface area contributed by atoms with Gasteiger partial charge in [0.2, 0.25) is 0 Å². The maximum Gasteiger partial charge on any atom is 0.335 e. The van der Waals surface area contributed by atoms with E-state index in [0.717, 1.165) is 11.3 Å². The highest BCUT2D eigenvalue weighted by Crippen LogP contribution is 2.31. The number of hydrogen-bond acceptors (Lipinski definition) is 5. The first-order valence-corrected chi connectivity index (χ1v) is 11.9. The molecule has 2 N–H and O–H groups in total. The van der Waals surface area contributed by atoms with Crippen LogP contribution < -0.4 is 14.5 Å². The summed E-state index contributed by atoms with van der Waals surface area (Å²) in [5, 5.41) is 9.41. The smallest absolute Gasteiger partial charge is 0.335 e. The molecule has 4 rings (SSSR count). The molecule has 0 radical (unpaired) electrons. The van der Waals surface area contributed by atoms with Gasteiger partial charge in [0.1, 0.15) is 5.82 Å². The summed E-state index contributed by atoms with van der Waals surface area (Å²) in [5.74, 6) is -1.43. The van der Waals surface area contributed by atoms with E-state index in [1.807, 2.05) is 11.8 Å². The maximum absolute atomic E-state index is 13.2. The summed E-state index contributed by atoms with van der Waals surface area (Å²) in [6, 6.07) is 17.2. The second-order valence-electron chi connectivity index (χ2n) is 7.91. The van der Waals surface area contributed by atoms with Crippen molar-refractivity contribution in [1.29, 1.82) is 0 Å². The number of nitrogens with one attached hydrogen (secondary N) is 1. The molecule has 1 aliphatic heterocycles. The van der Waals surface area contributed by atoms with Crippen LogP contribution >= 0.6 is 0 Å². The number of halogens is 1. The van der Waals surface area contributed by atoms with E-state index in [2.05, 4.69) is 9.62 Å². The lowest BCUT2D eigenvalue weighted by molar-refractivity contribution is 0.0697. The summed E-state index contributed by atoms with van der Waals surface area (Å²) in [6.45, 7) is 4.34. The van der Waals surface area contributed by atoms with E-state index in [1.165, 1.54) is 36.4 Å². The topological polar surface area (TPSA) is 89.9 Å². The predicted molar refractivity (Wildman–Crippen MR) is 126 cm³/mol. The van der Waals surface area contributed by atoms with Crippen molar-refractivity contribution in [2.75, 3.05) is 40.7 Å². The first-order valence-electron chi connectivity index (χ1n) is 10.5. The third-order valence-corrected chi connectivity index (χ3v) is 7.01. The van der Waals surface area contributed by atoms with Gasteiger partial charge in [-0.15, -0.1) is 0 Å². The lowest BCUT2D eigenvalue weighted by atomic mass is 10.1. The van der Waals surface area contributed by atoms with Gasteiger partial charge in [-0.2, -0.15) is 0 Å². The van der Waals surface area contributed by atoms with Crippen molar-refractivity contribution < 1.29 is 22.7 Å². The Hall–Kier alpha value is -3.59. The summed E-state index contributed by atoms with van der Waals surface area (Å²) in [4.78, 5) is 15.7. The lowest BCUT2D eigenvalue weighted by Gasteiger charge is -2.38. The molecule has 0 aliphatic carbocycles. The van der Waals surface area contributed by atoms with Gasteiger partial charge in [-0.3, -0.25) is 4.72 Å². The first-order chi connectivity index (χ1) is 15.7. The van der Waals surface area contributed by atoms with Crippen LogP contribution in [0.1, 0.15) is 15.9 Å². The van der Waals surface area contributed by atoms with E-state index in [-0.39, 0.29) is 22.0 Å². The van der Waals surface area contributed by atoms with Crippen LogP contribution in [-0.4, -0.2) is 45.7 Å². The normalized spacial score (nSPS) is 14.2. The highest BCUT2D eigenvalue weighted by Gasteiger charge is 2.23. The number of rotatable bonds is 6. The quantitative estimate of drug-likeness (QED) is 0.568. The molecule has 7 nitrogen and oxygen atoms in total. The molecule has 3 aromatic rings. The minimum Gasteiger partial charge on any atom is -0.478 e. The highest BCUT2D eigenvalue weighted by atomic mass is 32.2. The molecule has 0 saturated carbocycles. The van der Waals surface area contributed by atoms with Crippen molar-refractivity contribution in [2.45, 2.75) is 11.8 Å². The summed E-state index contributed by atoms with van der Waals surface area (Å²) in [5.41, 5.74) is 2.66. The average molecular weight is 470 g/mol. The Morgan fingerprint density at radius 1 is 0.909 bits per heavy atom. The molecule has 9 heteroatoms. The van der Waals surface area contributed by atoms with Crippen molar-refractivity contribution >= 4 is 33.1 Å². The minimum absolute atomic E-state index is 0.00898. The highest BCUT2D eigenvalue weighted by molar-refractivity contribution is 7.92. The molecule has 0 aromatic heterocycles. The van der Waals surface area contributed by atoms with Crippen LogP contribution in [0.5, 0.6) is 0 Å². The van der Waals surface area contributed by atoms with Gasteiger partial charge in [0.15, 0.2) is 0 Å². The summed E-state index contributed by atoms with van der Waals surface area (Å²) >= 11 is 0. The maximum atomic E-state index is 13.2. The fourth-order valence-electron chi connectivity index (χ4n) is 3.81. The SMILES string of the molecule is Cc1ccc(S(=O)(=O)Nc2cc(C(=O)O)ccc2N2CCN(c3ccc(F)cc3)CC2)cc1. The van der Waals surface area contributed by atoms with E-state index in [9.17, 15) is 22.7 Å². The van der Waals surface area contributed by atoms with Crippen molar-refractivity contribution in [3.8, 4) is 0 Å². The van der Waals surface area contributed by atoms with E-state index >= 15 is 0 Å². The molecular formula is C24H24FN3O4S. The van der Waals surface area contributed by atoms with Gasteiger partial charge in [0.05, 0.1) is 21.8 Å². The van der Waals surface area contributed by atoms with Crippen molar-refractivity contribution in [2.24, 2.45) is 0 Å². The van der Waals surface area contributed by atoms with Gasteiger partial charge in [-0.05, 0) is 61.5 Å². The Morgan fingerprint density at radius 2 is 1.52 bits per heavy atom. The van der Waals surface area contributed by atoms with Crippen LogP contribution in [0.4, 0.5) is 21.5 Å². The molecule has 1 fully saturated rings. The Balaban J connectivity index is 1.59. The molecule has 0 atom stereocenters. The van der Waals surface area contributed by atoms with E-state index in [0.29, 0.717) is 31.9 Å². The molecule has 1 heterocycles. The number of carboxylic acid groups (broad SMARTS) is 1. The molecule has 1 aliphatic rings. The first kappa shape index (κ1) is 22.6. The molecule has 0 amide bonds. The molecule has 172 valence electrons. The number of anilines is 3. The third kappa shape index (κ3) is 5.09. The number of aromatic carboxylic acids is 1. The second kappa shape index (κ2) is 9.11. The zero-order valence-electron chi connectivity index (χ0n) is 18.0. The number of hydrogen-bond donors (Lipinski definition) is 2. The zero-order valence-corrected chi connectivity index (χ0v) is 18.8. The predicted octanol–water partition coefficient (Wildman–Crippen LogP) is 3.96. The van der Waals surface area contributed by atoms with Crippen molar-refractivity contribution in [3.05, 3.63) is 83.7 Å². The van der Waals surface area contributed by atoms with Crippen molar-refractivity contribution in [3.63, 3.8) is 0 Å². The Morgan fingerprint density at radius 3 is 2.12 bits per heavy atom. The second-order valence-corrected chi connectivity index (χ2v) is 9.59. The fraction of sp³-hybridized carbons (Fsp3) is 0.208. The standard InChI is InChI=1S/C24H24FN3O4S/c1-17-2-9-21(10-3-17)33(31,32)26-22-16-18(24(29)30)4-11-23(22)28-14-12-27(13-15-28)20-7-5-19(25)6-8-20/h2-11,16,26H,12-15H2,1H3,(H,29,30). The largest absolute Gasteiger partial charge is 0.478 e. The van der Waals surface area contributed by atoms with E-state index in [4.69, 9.17) is 0 Å². The Labute approximate surface area is 192 Å². The molecule has 0 unspecified atom stereocenters. The number of nitrogens with zero attached hydrogens (tertiary/aromatic N) is 2. The van der Waals surface area contributed by atoms with Crippen LogP contribution in [0.2, 0.25) is 0 Å². The van der Waals surface area contributed by atoms with E-state index < -0.39 is 16.0 Å². The van der Waals surface area contributed by atoms with Gasteiger partial charge >= 0.3 is 5.97 Å². The van der Waals surface area contributed by atoms with Gasteiger partial charge in [0.25, 0.3) is 10.0 Å². The van der Waals surface area contributed by atoms with Crippen LogP contribution in [0.15, 0.2) is 71.6 Å². The van der Waals surface area contributed by atoms with Gasteiger partial charge in [0, 0.05) is 31.9 Å². The lowest BCUT2D eigenvalue weighted by Crippen LogP contribution is -2.46. The minimum atomic E-state index is -3.91. The zero-order chi connectivity index (χ0) is 23.6. The average Bonchev–Trinajstić information content (AvgIpc) is 2.80. The van der Waals surface area contributed by atoms with Gasteiger partial charge < -0.3 is 14.9 Å². The number of carbonyl (C=O) groups is 1. The molecule has 1 saturated heterocycles. The number of aryl methyl sites for hydroxylation is 1. The third-order valence-electron chi connectivity index (χ3n) is 5.63. The number of carboxylic acids is 1. The Kier molecular flexibility index (Phi) is 6.24. The van der Waals surface area contributed by atoms with Crippen molar-refractivity contribution in [1.82, 2.24) is 0 Å². The molecule has 0 spiro atoms. The summed E-state index contributed by atoms with van der Waals surface area (Å²) < 4.78 is 41.8. The molecule has 0 bridgehead atoms. The fourth-order valence-corrected chi connectivity index (χ4v) is 4.87. The van der Waals surface area contributed by atoms with E-state index in [1.54, 1.807) is 30.3 Å². The van der Waals surface area contributed by atoms with Crippen LogP contribution in [0, 0.1) is 12.7 Å². The van der Waals surface area contributed by atoms with Crippen LogP contribution in [0.25, 0.3) is 0 Å². The van der Waals surface area contributed by atoms with Crippen LogP contribution in [0.3, 0.4) is 0 Å². The monoisotopic (exact) mass is 469 g/mol. The number of sulfonamides is 1. The molecule has 3 aromatic carbocycles. The van der Waals surface area contributed by atoms with Gasteiger partial charge in [-0.25, -0.2) is 17.6 Å². The van der Waals surface area contributed by atoms with Crippen LogP contribution in [-0.2, 0) is 10.0 Å². The molecule has 33 heavy (non-hydrogen) atoms. The summed E-state index contributed by atoms with van der Waals surface area (Å²) in [7, 11) is -3.91.